The van der Waals surface area contributed by atoms with Crippen LogP contribution in [0.4, 0.5) is 5.69 Å². The molecule has 1 aromatic heterocycles. The number of piperidine rings is 1. The SMILES string of the molecule is COc1ccc(S(=O)(=O)N2CCC3(CCN(C(=O)c4cc(Cl)nc(OC)c4)CC3)C2)c([N+](=O)[O-])c1. The predicted molar refractivity (Wildman–Crippen MR) is 126 cm³/mol. The van der Waals surface area contributed by atoms with Crippen LogP contribution in [-0.2, 0) is 10.0 Å². The van der Waals surface area contributed by atoms with E-state index in [2.05, 4.69) is 4.98 Å². The van der Waals surface area contributed by atoms with E-state index in [0.29, 0.717) is 37.9 Å². The number of sulfonamides is 1. The number of pyridine rings is 1. The fraction of sp³-hybridized carbons (Fsp3) is 0.455. The number of rotatable bonds is 6. The number of halogens is 1. The third-order valence-corrected chi connectivity index (χ3v) is 8.81. The maximum atomic E-state index is 13.3. The van der Waals surface area contributed by atoms with Crippen molar-refractivity contribution in [2.24, 2.45) is 5.41 Å². The predicted octanol–water partition coefficient (Wildman–Crippen LogP) is 2.98. The lowest BCUT2D eigenvalue weighted by molar-refractivity contribution is -0.387. The Labute approximate surface area is 207 Å². The van der Waals surface area contributed by atoms with Crippen molar-refractivity contribution in [2.45, 2.75) is 24.2 Å². The number of carbonyl (C=O) groups excluding carboxylic acids is 1. The molecule has 2 saturated heterocycles. The molecule has 2 fully saturated rings. The number of nitro benzene ring substituents is 1. The van der Waals surface area contributed by atoms with Crippen molar-refractivity contribution in [3.05, 3.63) is 51.2 Å². The van der Waals surface area contributed by atoms with Crippen molar-refractivity contribution in [1.29, 1.82) is 0 Å². The molecule has 2 aliphatic rings. The number of amides is 1. The van der Waals surface area contributed by atoms with Gasteiger partial charge in [0.05, 0.1) is 25.2 Å². The van der Waals surface area contributed by atoms with Crippen LogP contribution in [0.15, 0.2) is 35.2 Å². The van der Waals surface area contributed by atoms with Gasteiger partial charge in [-0.3, -0.25) is 14.9 Å². The smallest absolute Gasteiger partial charge is 0.293 e. The van der Waals surface area contributed by atoms with Crippen molar-refractivity contribution >= 4 is 33.2 Å². The Kier molecular flexibility index (Phi) is 6.89. The molecule has 35 heavy (non-hydrogen) atoms. The van der Waals surface area contributed by atoms with Gasteiger partial charge in [0.15, 0.2) is 4.90 Å². The van der Waals surface area contributed by atoms with Gasteiger partial charge in [0.25, 0.3) is 11.6 Å². The average Bonchev–Trinajstić information content (AvgIpc) is 3.27. The second kappa shape index (κ2) is 9.59. The number of hydrogen-bond donors (Lipinski definition) is 0. The molecule has 0 aliphatic carbocycles. The van der Waals surface area contributed by atoms with E-state index in [4.69, 9.17) is 21.1 Å². The monoisotopic (exact) mass is 524 g/mol. The van der Waals surface area contributed by atoms with E-state index >= 15 is 0 Å². The molecule has 0 N–H and O–H groups in total. The summed E-state index contributed by atoms with van der Waals surface area (Å²) in [6.07, 6.45) is 1.85. The lowest BCUT2D eigenvalue weighted by Crippen LogP contribution is -2.44. The van der Waals surface area contributed by atoms with E-state index in [1.807, 2.05) is 0 Å². The lowest BCUT2D eigenvalue weighted by Gasteiger charge is -2.39. The third-order valence-electron chi connectivity index (χ3n) is 6.72. The second-order valence-corrected chi connectivity index (χ2v) is 11.0. The quantitative estimate of drug-likeness (QED) is 0.320. The van der Waals surface area contributed by atoms with Gasteiger partial charge in [0.2, 0.25) is 15.9 Å². The van der Waals surface area contributed by atoms with Gasteiger partial charge >= 0.3 is 0 Å². The van der Waals surface area contributed by atoms with Gasteiger partial charge in [0, 0.05) is 37.8 Å². The molecule has 11 nitrogen and oxygen atoms in total. The summed E-state index contributed by atoms with van der Waals surface area (Å²) in [5.74, 6) is 0.260. The number of methoxy groups -OCH3 is 2. The molecule has 0 atom stereocenters. The van der Waals surface area contributed by atoms with E-state index in [0.717, 1.165) is 6.07 Å². The highest BCUT2D eigenvalue weighted by Gasteiger charge is 2.46. The largest absolute Gasteiger partial charge is 0.497 e. The molecular formula is C22H25ClN4O7S. The average molecular weight is 525 g/mol. The van der Waals surface area contributed by atoms with Crippen LogP contribution in [0.25, 0.3) is 0 Å². The van der Waals surface area contributed by atoms with Gasteiger partial charge in [-0.15, -0.1) is 0 Å². The first kappa shape index (κ1) is 25.1. The van der Waals surface area contributed by atoms with Crippen LogP contribution in [-0.4, -0.2) is 73.8 Å². The minimum atomic E-state index is -4.08. The minimum absolute atomic E-state index is 0.158. The normalized spacial score (nSPS) is 18.0. The van der Waals surface area contributed by atoms with Crippen LogP contribution < -0.4 is 9.47 Å². The van der Waals surface area contributed by atoms with E-state index in [9.17, 15) is 23.3 Å². The molecule has 0 bridgehead atoms. The molecule has 0 unspecified atom stereocenters. The van der Waals surface area contributed by atoms with Crippen molar-refractivity contribution in [3.63, 3.8) is 0 Å². The molecule has 188 valence electrons. The zero-order valence-corrected chi connectivity index (χ0v) is 20.8. The Hall–Kier alpha value is -2.96. The van der Waals surface area contributed by atoms with Crippen LogP contribution in [0.3, 0.4) is 0 Å². The Morgan fingerprint density at radius 2 is 1.80 bits per heavy atom. The zero-order valence-electron chi connectivity index (χ0n) is 19.3. The number of nitrogens with zero attached hydrogens (tertiary/aromatic N) is 4. The number of hydrogen-bond acceptors (Lipinski definition) is 8. The molecule has 13 heteroatoms. The third kappa shape index (κ3) is 4.91. The highest BCUT2D eigenvalue weighted by atomic mass is 35.5. The maximum Gasteiger partial charge on any atom is 0.293 e. The van der Waals surface area contributed by atoms with Gasteiger partial charge in [-0.2, -0.15) is 4.31 Å². The van der Waals surface area contributed by atoms with Crippen LogP contribution >= 0.6 is 11.6 Å². The summed E-state index contributed by atoms with van der Waals surface area (Å²) in [5.41, 5.74) is -0.434. The van der Waals surface area contributed by atoms with Crippen molar-refractivity contribution in [1.82, 2.24) is 14.2 Å². The van der Waals surface area contributed by atoms with Crippen molar-refractivity contribution < 1.29 is 27.6 Å². The summed E-state index contributed by atoms with van der Waals surface area (Å²) in [5, 5.41) is 11.7. The van der Waals surface area contributed by atoms with Gasteiger partial charge in [-0.1, -0.05) is 11.6 Å². The van der Waals surface area contributed by atoms with Crippen molar-refractivity contribution in [2.75, 3.05) is 40.4 Å². The maximum absolute atomic E-state index is 13.3. The van der Waals surface area contributed by atoms with E-state index in [-0.39, 0.29) is 46.1 Å². The molecule has 1 amide bonds. The second-order valence-electron chi connectivity index (χ2n) is 8.69. The number of ether oxygens (including phenoxy) is 2. The summed E-state index contributed by atoms with van der Waals surface area (Å²) in [4.78, 5) is 29.1. The number of likely N-dealkylation sites (tertiary alicyclic amines) is 1. The fourth-order valence-electron chi connectivity index (χ4n) is 4.70. The number of nitro groups is 1. The van der Waals surface area contributed by atoms with Crippen LogP contribution in [0, 0.1) is 15.5 Å². The lowest BCUT2D eigenvalue weighted by atomic mass is 9.78. The molecule has 4 rings (SSSR count). The summed E-state index contributed by atoms with van der Waals surface area (Å²) >= 11 is 5.99. The summed E-state index contributed by atoms with van der Waals surface area (Å²) in [7, 11) is -1.28. The summed E-state index contributed by atoms with van der Waals surface area (Å²) < 4.78 is 38.0. The minimum Gasteiger partial charge on any atom is -0.497 e. The van der Waals surface area contributed by atoms with E-state index < -0.39 is 20.6 Å². The Balaban J connectivity index is 1.47. The zero-order chi connectivity index (χ0) is 25.4. The van der Waals surface area contributed by atoms with Crippen LogP contribution in [0.2, 0.25) is 5.15 Å². The Bertz CT molecular complexity index is 1260. The highest BCUT2D eigenvalue weighted by Crippen LogP contribution is 2.43. The first-order valence-electron chi connectivity index (χ1n) is 10.9. The van der Waals surface area contributed by atoms with Gasteiger partial charge < -0.3 is 14.4 Å². The van der Waals surface area contributed by atoms with Gasteiger partial charge in [-0.25, -0.2) is 13.4 Å². The Morgan fingerprint density at radius 3 is 2.43 bits per heavy atom. The topological polar surface area (TPSA) is 132 Å². The number of benzene rings is 1. The molecule has 2 aromatic rings. The number of carbonyl (C=O) groups is 1. The molecular weight excluding hydrogens is 500 g/mol. The molecule has 2 aliphatic heterocycles. The first-order valence-corrected chi connectivity index (χ1v) is 12.7. The van der Waals surface area contributed by atoms with Gasteiger partial charge in [0.1, 0.15) is 10.9 Å². The van der Waals surface area contributed by atoms with E-state index in [1.54, 1.807) is 4.90 Å². The molecule has 3 heterocycles. The highest BCUT2D eigenvalue weighted by molar-refractivity contribution is 7.89. The van der Waals surface area contributed by atoms with E-state index in [1.165, 1.54) is 42.8 Å². The molecule has 0 saturated carbocycles. The summed E-state index contributed by atoms with van der Waals surface area (Å²) in [6, 6.07) is 6.75. The fourth-order valence-corrected chi connectivity index (χ4v) is 6.59. The first-order chi connectivity index (χ1) is 16.6. The van der Waals surface area contributed by atoms with Crippen molar-refractivity contribution in [3.8, 4) is 11.6 Å². The van der Waals surface area contributed by atoms with Crippen LogP contribution in [0.1, 0.15) is 29.6 Å². The summed E-state index contributed by atoms with van der Waals surface area (Å²) in [6.45, 7) is 1.42. The Morgan fingerprint density at radius 1 is 1.11 bits per heavy atom. The standard InChI is InChI=1S/C22H25ClN4O7S/c1-33-16-3-4-18(17(13-16)27(29)30)35(31,32)26-10-7-22(14-26)5-8-25(9-6-22)21(28)15-11-19(23)24-20(12-15)34-2/h3-4,11-13H,5-10,14H2,1-2H3. The molecule has 1 aromatic carbocycles. The van der Waals surface area contributed by atoms with Gasteiger partial charge in [-0.05, 0) is 42.9 Å². The van der Waals surface area contributed by atoms with Crippen LogP contribution in [0.5, 0.6) is 11.6 Å². The molecule has 0 radical (unpaired) electrons. The number of aromatic nitrogens is 1. The molecule has 1 spiro atoms.